The monoisotopic (exact) mass is 169 g/mol. The van der Waals surface area contributed by atoms with E-state index in [2.05, 4.69) is 0 Å². The van der Waals surface area contributed by atoms with Gasteiger partial charge in [0.25, 0.3) is 5.91 Å². The minimum Gasteiger partial charge on any atom is -0.288 e. The quantitative estimate of drug-likeness (QED) is 0.491. The lowest BCUT2D eigenvalue weighted by Gasteiger charge is -2.02. The lowest BCUT2D eigenvalue weighted by molar-refractivity contribution is 0.0705. The molecule has 3 nitrogen and oxygen atoms in total. The van der Waals surface area contributed by atoms with Gasteiger partial charge < -0.3 is 0 Å². The maximum atomic E-state index is 12.6. The van der Waals surface area contributed by atoms with E-state index in [4.69, 9.17) is 5.21 Å². The molecular weight excluding hydrogens is 161 g/mol. The highest BCUT2D eigenvalue weighted by Gasteiger charge is 2.07. The van der Waals surface area contributed by atoms with Crippen LogP contribution in [-0.2, 0) is 0 Å². The van der Waals surface area contributed by atoms with Crippen LogP contribution in [0.2, 0.25) is 0 Å². The number of hydrogen-bond donors (Lipinski definition) is 2. The van der Waals surface area contributed by atoms with Crippen LogP contribution < -0.4 is 5.48 Å². The second-order valence-corrected chi connectivity index (χ2v) is 2.40. The summed E-state index contributed by atoms with van der Waals surface area (Å²) in [4.78, 5) is 10.9. The molecule has 0 aromatic heterocycles. The van der Waals surface area contributed by atoms with E-state index in [1.165, 1.54) is 17.6 Å². The van der Waals surface area contributed by atoms with E-state index in [1.54, 1.807) is 6.92 Å². The van der Waals surface area contributed by atoms with Gasteiger partial charge >= 0.3 is 0 Å². The summed E-state index contributed by atoms with van der Waals surface area (Å²) in [6, 6.07) is 3.80. The average Bonchev–Trinajstić information content (AvgIpc) is 2.08. The molecule has 0 aliphatic carbocycles. The van der Waals surface area contributed by atoms with Gasteiger partial charge in [-0.25, -0.2) is 9.87 Å². The predicted molar refractivity (Wildman–Crippen MR) is 40.4 cm³/mol. The molecule has 0 radical (unpaired) electrons. The van der Waals surface area contributed by atoms with Crippen molar-refractivity contribution >= 4 is 5.91 Å². The van der Waals surface area contributed by atoms with E-state index < -0.39 is 11.7 Å². The molecule has 1 amide bonds. The number of rotatable bonds is 1. The van der Waals surface area contributed by atoms with Crippen LogP contribution in [0.25, 0.3) is 0 Å². The Morgan fingerprint density at radius 3 is 2.83 bits per heavy atom. The van der Waals surface area contributed by atoms with Crippen LogP contribution in [0.1, 0.15) is 15.9 Å². The number of carbonyl (C=O) groups is 1. The van der Waals surface area contributed by atoms with Gasteiger partial charge in [0.2, 0.25) is 0 Å². The second kappa shape index (κ2) is 3.32. The number of halogens is 1. The Kier molecular flexibility index (Phi) is 2.40. The minimum atomic E-state index is -0.702. The summed E-state index contributed by atoms with van der Waals surface area (Å²) in [6.07, 6.45) is 0. The van der Waals surface area contributed by atoms with Crippen molar-refractivity contribution in [2.75, 3.05) is 0 Å². The van der Waals surface area contributed by atoms with Crippen molar-refractivity contribution in [2.24, 2.45) is 0 Å². The third kappa shape index (κ3) is 1.60. The van der Waals surface area contributed by atoms with Crippen molar-refractivity contribution in [1.82, 2.24) is 5.48 Å². The van der Waals surface area contributed by atoms with Crippen LogP contribution in [0, 0.1) is 12.7 Å². The maximum absolute atomic E-state index is 12.6. The lowest BCUT2D eigenvalue weighted by atomic mass is 10.1. The molecule has 0 bridgehead atoms. The van der Waals surface area contributed by atoms with E-state index in [-0.39, 0.29) is 5.56 Å². The molecule has 0 saturated heterocycles. The number of hydroxylamine groups is 1. The zero-order chi connectivity index (χ0) is 9.14. The smallest absolute Gasteiger partial charge is 0.275 e. The van der Waals surface area contributed by atoms with Crippen molar-refractivity contribution in [3.05, 3.63) is 35.1 Å². The van der Waals surface area contributed by atoms with Gasteiger partial charge in [0.05, 0.1) is 0 Å². The first kappa shape index (κ1) is 8.67. The van der Waals surface area contributed by atoms with Crippen LogP contribution >= 0.6 is 0 Å². The third-order valence-electron chi connectivity index (χ3n) is 1.55. The van der Waals surface area contributed by atoms with Crippen LogP contribution in [0.5, 0.6) is 0 Å². The molecule has 4 heteroatoms. The molecule has 64 valence electrons. The Hall–Kier alpha value is -1.42. The molecule has 0 aliphatic rings. The zero-order valence-corrected chi connectivity index (χ0v) is 6.47. The SMILES string of the molecule is Cc1ccc(F)cc1C(=O)NO. The second-order valence-electron chi connectivity index (χ2n) is 2.40. The van der Waals surface area contributed by atoms with Crippen LogP contribution in [0.4, 0.5) is 4.39 Å². The Morgan fingerprint density at radius 1 is 1.58 bits per heavy atom. The van der Waals surface area contributed by atoms with Crippen molar-refractivity contribution in [3.63, 3.8) is 0 Å². The van der Waals surface area contributed by atoms with Crippen molar-refractivity contribution in [3.8, 4) is 0 Å². The summed E-state index contributed by atoms with van der Waals surface area (Å²) in [5.41, 5.74) is 2.19. The molecule has 1 rings (SSSR count). The summed E-state index contributed by atoms with van der Waals surface area (Å²) in [6.45, 7) is 1.66. The van der Waals surface area contributed by atoms with Crippen LogP contribution in [-0.4, -0.2) is 11.1 Å². The van der Waals surface area contributed by atoms with Gasteiger partial charge in [-0.3, -0.25) is 10.0 Å². The van der Waals surface area contributed by atoms with Crippen molar-refractivity contribution in [2.45, 2.75) is 6.92 Å². The predicted octanol–water partition coefficient (Wildman–Crippen LogP) is 1.25. The highest BCUT2D eigenvalue weighted by molar-refractivity contribution is 5.94. The first-order chi connectivity index (χ1) is 5.65. The van der Waals surface area contributed by atoms with Gasteiger partial charge in [0.15, 0.2) is 0 Å². The first-order valence-corrected chi connectivity index (χ1v) is 3.35. The van der Waals surface area contributed by atoms with E-state index in [0.717, 1.165) is 6.07 Å². The molecule has 0 heterocycles. The molecule has 1 aromatic rings. The van der Waals surface area contributed by atoms with E-state index in [0.29, 0.717) is 5.56 Å². The van der Waals surface area contributed by atoms with E-state index >= 15 is 0 Å². The number of benzene rings is 1. The lowest BCUT2D eigenvalue weighted by Crippen LogP contribution is -2.19. The van der Waals surface area contributed by atoms with Gasteiger partial charge in [0.1, 0.15) is 5.82 Å². The Morgan fingerprint density at radius 2 is 2.25 bits per heavy atom. The fourth-order valence-electron chi connectivity index (χ4n) is 0.899. The number of carbonyl (C=O) groups excluding carboxylic acids is 1. The van der Waals surface area contributed by atoms with Gasteiger partial charge in [-0.1, -0.05) is 6.07 Å². The normalized spacial score (nSPS) is 9.58. The summed E-state index contributed by atoms with van der Waals surface area (Å²) < 4.78 is 12.6. The summed E-state index contributed by atoms with van der Waals surface area (Å²) in [5.74, 6) is -1.20. The summed E-state index contributed by atoms with van der Waals surface area (Å²) >= 11 is 0. The van der Waals surface area contributed by atoms with Crippen LogP contribution in [0.15, 0.2) is 18.2 Å². The molecular formula is C8H8FNO2. The molecule has 0 fully saturated rings. The molecule has 2 N–H and O–H groups in total. The molecule has 1 aromatic carbocycles. The Bertz CT molecular complexity index is 312. The largest absolute Gasteiger partial charge is 0.288 e. The minimum absolute atomic E-state index is 0.137. The van der Waals surface area contributed by atoms with Gasteiger partial charge in [-0.15, -0.1) is 0 Å². The summed E-state index contributed by atoms with van der Waals surface area (Å²) in [7, 11) is 0. The Balaban J connectivity index is 3.13. The fraction of sp³-hybridized carbons (Fsp3) is 0.125. The van der Waals surface area contributed by atoms with Gasteiger partial charge in [-0.05, 0) is 24.6 Å². The van der Waals surface area contributed by atoms with Crippen molar-refractivity contribution in [1.29, 1.82) is 0 Å². The molecule has 0 unspecified atom stereocenters. The highest BCUT2D eigenvalue weighted by atomic mass is 19.1. The number of amides is 1. The maximum Gasteiger partial charge on any atom is 0.275 e. The Labute approximate surface area is 68.8 Å². The number of nitrogens with one attached hydrogen (secondary N) is 1. The van der Waals surface area contributed by atoms with Gasteiger partial charge in [0, 0.05) is 5.56 Å². The number of aryl methyl sites for hydroxylation is 1. The molecule has 0 spiro atoms. The number of hydrogen-bond acceptors (Lipinski definition) is 2. The topological polar surface area (TPSA) is 49.3 Å². The highest BCUT2D eigenvalue weighted by Crippen LogP contribution is 2.09. The fourth-order valence-corrected chi connectivity index (χ4v) is 0.899. The molecule has 0 atom stereocenters. The molecule has 0 saturated carbocycles. The summed E-state index contributed by atoms with van der Waals surface area (Å²) in [5, 5.41) is 8.28. The van der Waals surface area contributed by atoms with Crippen molar-refractivity contribution < 1.29 is 14.4 Å². The van der Waals surface area contributed by atoms with E-state index in [9.17, 15) is 9.18 Å². The standard InChI is InChI=1S/C8H8FNO2/c1-5-2-3-6(9)4-7(5)8(11)10-12/h2-4,12H,1H3,(H,10,11). The zero-order valence-electron chi connectivity index (χ0n) is 6.47. The molecule has 0 aliphatic heterocycles. The van der Waals surface area contributed by atoms with Gasteiger partial charge in [-0.2, -0.15) is 0 Å². The molecule has 12 heavy (non-hydrogen) atoms. The average molecular weight is 169 g/mol. The van der Waals surface area contributed by atoms with E-state index in [1.807, 2.05) is 0 Å². The first-order valence-electron chi connectivity index (χ1n) is 3.35. The third-order valence-corrected chi connectivity index (χ3v) is 1.55. The van der Waals surface area contributed by atoms with Crippen LogP contribution in [0.3, 0.4) is 0 Å².